The molecular formula is C20H22N4O2S. The standard InChI is InChI=1S/C20H22N4O2S/c25-19(16-14-27-20(23-16)17-6-5-11-26-17)22-13-15-7-8-18(21-12-15)24-9-3-1-2-4-10-24/h5-8,11-12,14H,1-4,9-10,13H2,(H,22,25). The van der Waals surface area contributed by atoms with Crippen molar-refractivity contribution in [1.29, 1.82) is 0 Å². The van der Waals surface area contributed by atoms with Crippen LogP contribution in [0.2, 0.25) is 0 Å². The normalized spacial score (nSPS) is 14.7. The number of pyridine rings is 1. The lowest BCUT2D eigenvalue weighted by Crippen LogP contribution is -2.25. The van der Waals surface area contributed by atoms with Gasteiger partial charge < -0.3 is 14.6 Å². The summed E-state index contributed by atoms with van der Waals surface area (Å²) in [4.78, 5) is 23.6. The zero-order valence-electron chi connectivity index (χ0n) is 15.1. The van der Waals surface area contributed by atoms with Crippen LogP contribution in [0, 0.1) is 0 Å². The van der Waals surface area contributed by atoms with Gasteiger partial charge in [0.15, 0.2) is 10.8 Å². The minimum Gasteiger partial charge on any atom is -0.462 e. The zero-order valence-corrected chi connectivity index (χ0v) is 15.9. The van der Waals surface area contributed by atoms with E-state index in [1.807, 2.05) is 24.4 Å². The van der Waals surface area contributed by atoms with Gasteiger partial charge >= 0.3 is 0 Å². The molecule has 1 fully saturated rings. The van der Waals surface area contributed by atoms with Crippen molar-refractivity contribution in [3.63, 3.8) is 0 Å². The topological polar surface area (TPSA) is 71.3 Å². The van der Waals surface area contributed by atoms with Crippen LogP contribution in [0.25, 0.3) is 10.8 Å². The van der Waals surface area contributed by atoms with E-state index in [4.69, 9.17) is 4.42 Å². The van der Waals surface area contributed by atoms with Crippen LogP contribution < -0.4 is 10.2 Å². The van der Waals surface area contributed by atoms with Crippen LogP contribution in [0.1, 0.15) is 41.7 Å². The number of rotatable bonds is 5. The van der Waals surface area contributed by atoms with Crippen molar-refractivity contribution < 1.29 is 9.21 Å². The van der Waals surface area contributed by atoms with E-state index < -0.39 is 0 Å². The molecule has 4 heterocycles. The number of thiazole rings is 1. The first-order valence-corrected chi connectivity index (χ1v) is 10.1. The van der Waals surface area contributed by atoms with Gasteiger partial charge in [-0.05, 0) is 36.6 Å². The van der Waals surface area contributed by atoms with Crippen LogP contribution in [0.3, 0.4) is 0 Å². The van der Waals surface area contributed by atoms with Gasteiger partial charge in [-0.25, -0.2) is 9.97 Å². The maximum Gasteiger partial charge on any atom is 0.271 e. The Bertz CT molecular complexity index is 866. The molecule has 140 valence electrons. The second-order valence-corrected chi connectivity index (χ2v) is 7.48. The first-order chi connectivity index (χ1) is 13.3. The smallest absolute Gasteiger partial charge is 0.271 e. The van der Waals surface area contributed by atoms with Crippen LogP contribution in [0.15, 0.2) is 46.5 Å². The minimum absolute atomic E-state index is 0.194. The average molecular weight is 382 g/mol. The third kappa shape index (κ3) is 4.36. The highest BCUT2D eigenvalue weighted by atomic mass is 32.1. The first kappa shape index (κ1) is 17.7. The summed E-state index contributed by atoms with van der Waals surface area (Å²) >= 11 is 1.39. The highest BCUT2D eigenvalue weighted by Gasteiger charge is 2.14. The molecule has 27 heavy (non-hydrogen) atoms. The molecule has 0 spiro atoms. The van der Waals surface area contributed by atoms with Crippen molar-refractivity contribution in [2.75, 3.05) is 18.0 Å². The fraction of sp³-hybridized carbons (Fsp3) is 0.350. The largest absolute Gasteiger partial charge is 0.462 e. The molecule has 0 aromatic carbocycles. The van der Waals surface area contributed by atoms with Crippen molar-refractivity contribution in [3.8, 4) is 10.8 Å². The molecule has 7 heteroatoms. The number of carbonyl (C=O) groups excluding carboxylic acids is 1. The molecule has 0 atom stereocenters. The number of aromatic nitrogens is 2. The van der Waals surface area contributed by atoms with E-state index in [2.05, 4.69) is 20.2 Å². The maximum atomic E-state index is 12.3. The van der Waals surface area contributed by atoms with E-state index in [9.17, 15) is 4.79 Å². The predicted molar refractivity (Wildman–Crippen MR) is 106 cm³/mol. The fourth-order valence-corrected chi connectivity index (χ4v) is 3.94. The van der Waals surface area contributed by atoms with E-state index in [1.54, 1.807) is 17.7 Å². The van der Waals surface area contributed by atoms with Crippen LogP contribution in [-0.4, -0.2) is 29.0 Å². The van der Waals surface area contributed by atoms with Gasteiger partial charge in [0.05, 0.1) is 6.26 Å². The highest BCUT2D eigenvalue weighted by Crippen LogP contribution is 2.24. The molecule has 1 N–H and O–H groups in total. The van der Waals surface area contributed by atoms with Crippen molar-refractivity contribution in [2.24, 2.45) is 0 Å². The highest BCUT2D eigenvalue weighted by molar-refractivity contribution is 7.13. The molecular weight excluding hydrogens is 360 g/mol. The lowest BCUT2D eigenvalue weighted by Gasteiger charge is -2.21. The predicted octanol–water partition coefficient (Wildman–Crippen LogP) is 4.11. The maximum absolute atomic E-state index is 12.3. The van der Waals surface area contributed by atoms with Crippen molar-refractivity contribution >= 4 is 23.1 Å². The number of nitrogens with zero attached hydrogens (tertiary/aromatic N) is 3. The number of hydrogen-bond donors (Lipinski definition) is 1. The summed E-state index contributed by atoms with van der Waals surface area (Å²) in [7, 11) is 0. The molecule has 0 unspecified atom stereocenters. The van der Waals surface area contributed by atoms with E-state index in [1.165, 1.54) is 37.0 Å². The van der Waals surface area contributed by atoms with E-state index >= 15 is 0 Å². The Morgan fingerprint density at radius 2 is 2.04 bits per heavy atom. The van der Waals surface area contributed by atoms with Gasteiger partial charge in [0.25, 0.3) is 5.91 Å². The second-order valence-electron chi connectivity index (χ2n) is 6.62. The number of carbonyl (C=O) groups is 1. The molecule has 1 aliphatic rings. The third-order valence-electron chi connectivity index (χ3n) is 4.66. The van der Waals surface area contributed by atoms with Crippen molar-refractivity contribution in [2.45, 2.75) is 32.2 Å². The van der Waals surface area contributed by atoms with E-state index in [0.717, 1.165) is 24.5 Å². The van der Waals surface area contributed by atoms with Gasteiger partial charge in [0, 0.05) is 31.2 Å². The first-order valence-electron chi connectivity index (χ1n) is 9.27. The minimum atomic E-state index is -0.194. The number of furan rings is 1. The van der Waals surface area contributed by atoms with Gasteiger partial charge in [-0.15, -0.1) is 11.3 Å². The number of hydrogen-bond acceptors (Lipinski definition) is 6. The van der Waals surface area contributed by atoms with Gasteiger partial charge in [-0.2, -0.15) is 0 Å². The summed E-state index contributed by atoms with van der Waals surface area (Å²) in [5.74, 6) is 1.50. The zero-order chi connectivity index (χ0) is 18.5. The van der Waals surface area contributed by atoms with Crippen LogP contribution >= 0.6 is 11.3 Å². The Balaban J connectivity index is 1.33. The van der Waals surface area contributed by atoms with Gasteiger partial charge in [-0.1, -0.05) is 18.9 Å². The van der Waals surface area contributed by atoms with Gasteiger partial charge in [0.1, 0.15) is 11.5 Å². The lowest BCUT2D eigenvalue weighted by atomic mass is 10.2. The monoisotopic (exact) mass is 382 g/mol. The number of anilines is 1. The average Bonchev–Trinajstić information content (AvgIpc) is 3.33. The van der Waals surface area contributed by atoms with Crippen molar-refractivity contribution in [1.82, 2.24) is 15.3 Å². The van der Waals surface area contributed by atoms with Crippen LogP contribution in [-0.2, 0) is 6.54 Å². The Hall–Kier alpha value is -2.67. The third-order valence-corrected chi connectivity index (χ3v) is 5.52. The van der Waals surface area contributed by atoms with Crippen LogP contribution in [0.4, 0.5) is 5.82 Å². The molecule has 1 aliphatic heterocycles. The lowest BCUT2D eigenvalue weighted by molar-refractivity contribution is 0.0946. The second kappa shape index (κ2) is 8.35. The number of nitrogens with one attached hydrogen (secondary N) is 1. The molecule has 1 saturated heterocycles. The summed E-state index contributed by atoms with van der Waals surface area (Å²) in [6.45, 7) is 2.58. The Kier molecular flexibility index (Phi) is 5.48. The molecule has 4 rings (SSSR count). The summed E-state index contributed by atoms with van der Waals surface area (Å²) in [6, 6.07) is 7.71. The van der Waals surface area contributed by atoms with E-state index in [0.29, 0.717) is 23.0 Å². The Morgan fingerprint density at radius 1 is 1.19 bits per heavy atom. The molecule has 0 aliphatic carbocycles. The number of amides is 1. The Morgan fingerprint density at radius 3 is 2.74 bits per heavy atom. The molecule has 3 aromatic rings. The Labute approximate surface area is 162 Å². The molecule has 0 bridgehead atoms. The quantitative estimate of drug-likeness (QED) is 0.719. The summed E-state index contributed by atoms with van der Waals surface area (Å²) < 4.78 is 5.31. The molecule has 0 radical (unpaired) electrons. The van der Waals surface area contributed by atoms with Crippen molar-refractivity contribution in [3.05, 3.63) is 53.4 Å². The fourth-order valence-electron chi connectivity index (χ4n) is 3.17. The summed E-state index contributed by atoms with van der Waals surface area (Å²) in [5, 5.41) is 5.35. The van der Waals surface area contributed by atoms with E-state index in [-0.39, 0.29) is 5.91 Å². The SMILES string of the molecule is O=C(NCc1ccc(N2CCCCCC2)nc1)c1csc(-c2ccco2)n1. The molecule has 3 aromatic heterocycles. The molecule has 0 saturated carbocycles. The van der Waals surface area contributed by atoms with Crippen LogP contribution in [0.5, 0.6) is 0 Å². The summed E-state index contributed by atoms with van der Waals surface area (Å²) in [5.41, 5.74) is 1.38. The summed E-state index contributed by atoms with van der Waals surface area (Å²) in [6.07, 6.45) is 8.51. The van der Waals surface area contributed by atoms with Gasteiger partial charge in [0.2, 0.25) is 0 Å². The molecule has 6 nitrogen and oxygen atoms in total. The van der Waals surface area contributed by atoms with Gasteiger partial charge in [-0.3, -0.25) is 4.79 Å². The molecule has 1 amide bonds.